The van der Waals surface area contributed by atoms with Crippen LogP contribution in [0.4, 0.5) is 0 Å². The van der Waals surface area contributed by atoms with Gasteiger partial charge in [-0.15, -0.1) is 0 Å². The van der Waals surface area contributed by atoms with Gasteiger partial charge in [0.2, 0.25) is 0 Å². The van der Waals surface area contributed by atoms with Crippen LogP contribution in [-0.4, -0.2) is 34.5 Å². The van der Waals surface area contributed by atoms with E-state index in [4.69, 9.17) is 9.78 Å². The molecular weight excluding hydrogens is 246 g/mol. The minimum Gasteiger partial charge on any atom is -0.272 e. The third-order valence-electron chi connectivity index (χ3n) is 2.78. The van der Waals surface area contributed by atoms with Gasteiger partial charge in [0.05, 0.1) is 12.1 Å². The summed E-state index contributed by atoms with van der Waals surface area (Å²) in [5, 5.41) is 0. The molecule has 0 bridgehead atoms. The van der Waals surface area contributed by atoms with Crippen molar-refractivity contribution in [3.8, 4) is 0 Å². The largest absolute Gasteiger partial charge is 0.272 e. The van der Waals surface area contributed by atoms with Gasteiger partial charge in [-0.1, -0.05) is 13.3 Å². The number of carbonyl (C=O) groups excluding carboxylic acids is 2. The summed E-state index contributed by atoms with van der Waals surface area (Å²) in [5.41, 5.74) is -1.13. The zero-order valence-corrected chi connectivity index (χ0v) is 12.4. The molecule has 0 atom stereocenters. The van der Waals surface area contributed by atoms with Crippen LogP contribution in [0.5, 0.6) is 0 Å². The molecule has 1 heterocycles. The number of imide groups is 1. The third-order valence-corrected chi connectivity index (χ3v) is 2.78. The van der Waals surface area contributed by atoms with Crippen LogP contribution < -0.4 is 0 Å². The van der Waals surface area contributed by atoms with Gasteiger partial charge in [0.15, 0.2) is 0 Å². The Morgan fingerprint density at radius 1 is 1.00 bits per heavy atom. The molecule has 0 saturated heterocycles. The van der Waals surface area contributed by atoms with Crippen LogP contribution in [0.15, 0.2) is 12.2 Å². The molecule has 0 aromatic heterocycles. The fraction of sp³-hybridized carbons (Fsp3) is 0.714. The summed E-state index contributed by atoms with van der Waals surface area (Å²) < 4.78 is 0. The standard InChI is InChI=1S/C14H23NO4/c1-6-9-13(2,3)18-19-14(4,5)10-15-11(16)7-8-12(15)17/h7-8H,6,9-10H2,1-5H3. The average molecular weight is 269 g/mol. The topological polar surface area (TPSA) is 55.8 Å². The van der Waals surface area contributed by atoms with Crippen molar-refractivity contribution >= 4 is 11.8 Å². The van der Waals surface area contributed by atoms with Crippen molar-refractivity contribution in [2.75, 3.05) is 6.54 Å². The van der Waals surface area contributed by atoms with Gasteiger partial charge in [-0.2, -0.15) is 0 Å². The molecule has 0 aromatic rings. The first-order chi connectivity index (χ1) is 8.67. The lowest BCUT2D eigenvalue weighted by Crippen LogP contribution is -2.45. The minimum atomic E-state index is -0.748. The van der Waals surface area contributed by atoms with E-state index in [-0.39, 0.29) is 24.0 Å². The molecule has 0 spiro atoms. The molecule has 1 aliphatic rings. The number of carbonyl (C=O) groups is 2. The van der Waals surface area contributed by atoms with Crippen molar-refractivity contribution < 1.29 is 19.4 Å². The SMILES string of the molecule is CCCC(C)(C)OOC(C)(C)CN1C(=O)C=CC1=O. The highest BCUT2D eigenvalue weighted by Crippen LogP contribution is 2.22. The van der Waals surface area contributed by atoms with Crippen LogP contribution in [-0.2, 0) is 19.4 Å². The molecule has 0 aliphatic carbocycles. The molecule has 0 aromatic carbocycles. The maximum absolute atomic E-state index is 11.5. The van der Waals surface area contributed by atoms with E-state index in [1.165, 1.54) is 12.2 Å². The molecule has 108 valence electrons. The van der Waals surface area contributed by atoms with Crippen LogP contribution in [0.25, 0.3) is 0 Å². The molecule has 2 amide bonds. The van der Waals surface area contributed by atoms with Crippen molar-refractivity contribution in [1.82, 2.24) is 4.90 Å². The molecule has 0 N–H and O–H groups in total. The summed E-state index contributed by atoms with van der Waals surface area (Å²) in [7, 11) is 0. The van der Waals surface area contributed by atoms with Gasteiger partial charge in [-0.3, -0.25) is 14.5 Å². The first-order valence-corrected chi connectivity index (χ1v) is 6.57. The number of amides is 2. The van der Waals surface area contributed by atoms with Crippen molar-refractivity contribution in [3.05, 3.63) is 12.2 Å². The van der Waals surface area contributed by atoms with Gasteiger partial charge in [-0.25, -0.2) is 9.78 Å². The zero-order valence-electron chi connectivity index (χ0n) is 12.4. The smallest absolute Gasteiger partial charge is 0.253 e. The Balaban J connectivity index is 2.52. The average Bonchev–Trinajstić information content (AvgIpc) is 2.58. The fourth-order valence-corrected chi connectivity index (χ4v) is 1.86. The van der Waals surface area contributed by atoms with Crippen molar-refractivity contribution in [2.45, 2.75) is 58.7 Å². The van der Waals surface area contributed by atoms with Crippen LogP contribution in [0.1, 0.15) is 47.5 Å². The molecular formula is C14H23NO4. The van der Waals surface area contributed by atoms with Gasteiger partial charge >= 0.3 is 0 Å². The molecule has 19 heavy (non-hydrogen) atoms. The lowest BCUT2D eigenvalue weighted by molar-refractivity contribution is -0.401. The summed E-state index contributed by atoms with van der Waals surface area (Å²) in [5.74, 6) is -0.621. The number of nitrogens with zero attached hydrogens (tertiary/aromatic N) is 1. The van der Waals surface area contributed by atoms with E-state index in [0.29, 0.717) is 0 Å². The highest BCUT2D eigenvalue weighted by atomic mass is 17.2. The Morgan fingerprint density at radius 3 is 1.95 bits per heavy atom. The fourth-order valence-electron chi connectivity index (χ4n) is 1.86. The zero-order chi connectivity index (χ0) is 14.7. The summed E-state index contributed by atoms with van der Waals surface area (Å²) in [6.07, 6.45) is 4.39. The minimum absolute atomic E-state index is 0.167. The highest BCUT2D eigenvalue weighted by Gasteiger charge is 2.33. The number of hydrogen-bond donors (Lipinski definition) is 0. The van der Waals surface area contributed by atoms with E-state index in [1.807, 2.05) is 13.8 Å². The Morgan fingerprint density at radius 2 is 1.47 bits per heavy atom. The Bertz CT molecular complexity index is 367. The van der Waals surface area contributed by atoms with Gasteiger partial charge in [0.1, 0.15) is 5.60 Å². The molecule has 1 rings (SSSR count). The lowest BCUT2D eigenvalue weighted by atomic mass is 10.0. The van der Waals surface area contributed by atoms with E-state index in [1.54, 1.807) is 13.8 Å². The van der Waals surface area contributed by atoms with E-state index >= 15 is 0 Å². The number of rotatable bonds is 7. The molecule has 0 radical (unpaired) electrons. The van der Waals surface area contributed by atoms with E-state index in [2.05, 4.69) is 6.92 Å². The maximum Gasteiger partial charge on any atom is 0.253 e. The van der Waals surface area contributed by atoms with Crippen LogP contribution in [0, 0.1) is 0 Å². The molecule has 1 aliphatic heterocycles. The van der Waals surface area contributed by atoms with Gasteiger partial charge in [0, 0.05) is 12.2 Å². The molecule has 5 nitrogen and oxygen atoms in total. The monoisotopic (exact) mass is 269 g/mol. The summed E-state index contributed by atoms with van der Waals surface area (Å²) in [6.45, 7) is 9.70. The predicted molar refractivity (Wildman–Crippen MR) is 71.1 cm³/mol. The molecule has 0 unspecified atom stereocenters. The van der Waals surface area contributed by atoms with Gasteiger partial charge < -0.3 is 0 Å². The Hall–Kier alpha value is -1.20. The second-order valence-electron chi connectivity index (χ2n) is 6.03. The molecule has 5 heteroatoms. The van der Waals surface area contributed by atoms with Crippen molar-refractivity contribution in [1.29, 1.82) is 0 Å². The highest BCUT2D eigenvalue weighted by molar-refractivity contribution is 6.12. The predicted octanol–water partition coefficient (Wildman–Crippen LogP) is 2.22. The van der Waals surface area contributed by atoms with E-state index in [0.717, 1.165) is 17.7 Å². The van der Waals surface area contributed by atoms with E-state index < -0.39 is 5.60 Å². The van der Waals surface area contributed by atoms with Gasteiger partial charge in [-0.05, 0) is 34.1 Å². The first kappa shape index (κ1) is 15.9. The second-order valence-corrected chi connectivity index (χ2v) is 6.03. The van der Waals surface area contributed by atoms with Crippen LogP contribution in [0.2, 0.25) is 0 Å². The molecule has 0 fully saturated rings. The maximum atomic E-state index is 11.5. The lowest BCUT2D eigenvalue weighted by Gasteiger charge is -2.32. The normalized spacial score (nSPS) is 16.6. The summed E-state index contributed by atoms with van der Waals surface area (Å²) >= 11 is 0. The Kier molecular flexibility index (Phi) is 4.87. The molecule has 0 saturated carbocycles. The summed E-state index contributed by atoms with van der Waals surface area (Å²) in [4.78, 5) is 35.0. The quantitative estimate of drug-likeness (QED) is 0.404. The van der Waals surface area contributed by atoms with Crippen molar-refractivity contribution in [3.63, 3.8) is 0 Å². The number of hydrogen-bond acceptors (Lipinski definition) is 4. The first-order valence-electron chi connectivity index (χ1n) is 6.57. The van der Waals surface area contributed by atoms with Crippen molar-refractivity contribution in [2.24, 2.45) is 0 Å². The second kappa shape index (κ2) is 5.84. The van der Waals surface area contributed by atoms with E-state index in [9.17, 15) is 9.59 Å². The summed E-state index contributed by atoms with van der Waals surface area (Å²) in [6, 6.07) is 0. The third kappa shape index (κ3) is 4.76. The van der Waals surface area contributed by atoms with Crippen LogP contribution >= 0.6 is 0 Å². The Labute approximate surface area is 114 Å². The van der Waals surface area contributed by atoms with Crippen LogP contribution in [0.3, 0.4) is 0 Å². The van der Waals surface area contributed by atoms with Gasteiger partial charge in [0.25, 0.3) is 11.8 Å².